The van der Waals surface area contributed by atoms with Crippen molar-refractivity contribution in [1.82, 2.24) is 14.9 Å². The minimum atomic E-state index is -4.75. The number of benzene rings is 2. The van der Waals surface area contributed by atoms with E-state index in [0.717, 1.165) is 25.7 Å². The van der Waals surface area contributed by atoms with E-state index in [-0.39, 0.29) is 17.7 Å². The Kier molecular flexibility index (Phi) is 5.48. The van der Waals surface area contributed by atoms with Crippen molar-refractivity contribution in [2.24, 2.45) is 0 Å². The fourth-order valence-corrected chi connectivity index (χ4v) is 3.71. The molecule has 3 aromatic rings. The van der Waals surface area contributed by atoms with Crippen LogP contribution in [0.4, 0.5) is 13.2 Å². The van der Waals surface area contributed by atoms with Crippen molar-refractivity contribution < 1.29 is 22.7 Å². The highest BCUT2D eigenvalue weighted by molar-refractivity contribution is 5.93. The Labute approximate surface area is 171 Å². The Hall–Kier alpha value is -3.29. The van der Waals surface area contributed by atoms with Gasteiger partial charge in [0.15, 0.2) is 0 Å². The van der Waals surface area contributed by atoms with Crippen LogP contribution in [0.3, 0.4) is 0 Å². The van der Waals surface area contributed by atoms with Gasteiger partial charge in [0, 0.05) is 11.7 Å². The van der Waals surface area contributed by atoms with Gasteiger partial charge in [-0.15, -0.1) is 13.2 Å². The minimum Gasteiger partial charge on any atom is -0.406 e. The van der Waals surface area contributed by atoms with E-state index in [1.54, 1.807) is 35.2 Å². The summed E-state index contributed by atoms with van der Waals surface area (Å²) in [6.45, 7) is 0. The summed E-state index contributed by atoms with van der Waals surface area (Å²) in [5.41, 5.74) is 2.35. The first kappa shape index (κ1) is 20.0. The standard InChI is InChI=1S/C22H20F3N3O2/c23-22(24,25)30-19-10-4-6-16(12-19)15-5-3-9-18(11-15)28-14-26-13-20(28)21(29)27-17-7-1-2-8-17/h3-6,9-14,17H,1-2,7-8H2,(H,27,29). The molecule has 1 heterocycles. The number of hydrogen-bond donors (Lipinski definition) is 1. The summed E-state index contributed by atoms with van der Waals surface area (Å²) in [5.74, 6) is -0.477. The van der Waals surface area contributed by atoms with Crippen LogP contribution in [0.15, 0.2) is 61.1 Å². The number of carbonyl (C=O) groups is 1. The van der Waals surface area contributed by atoms with Crippen molar-refractivity contribution in [3.63, 3.8) is 0 Å². The van der Waals surface area contributed by atoms with Crippen molar-refractivity contribution in [3.05, 3.63) is 66.7 Å². The molecule has 1 amide bonds. The summed E-state index contributed by atoms with van der Waals surface area (Å²) in [4.78, 5) is 16.8. The lowest BCUT2D eigenvalue weighted by molar-refractivity contribution is -0.274. The maximum absolute atomic E-state index is 12.7. The lowest BCUT2D eigenvalue weighted by Crippen LogP contribution is -2.33. The molecule has 0 unspecified atom stereocenters. The number of rotatable bonds is 5. The fourth-order valence-electron chi connectivity index (χ4n) is 3.71. The number of nitrogens with zero attached hydrogens (tertiary/aromatic N) is 2. The number of nitrogens with one attached hydrogen (secondary N) is 1. The van der Waals surface area contributed by atoms with Crippen LogP contribution < -0.4 is 10.1 Å². The zero-order valence-electron chi connectivity index (χ0n) is 16.0. The number of hydrogen-bond acceptors (Lipinski definition) is 3. The second-order valence-electron chi connectivity index (χ2n) is 7.23. The first-order valence-corrected chi connectivity index (χ1v) is 9.69. The van der Waals surface area contributed by atoms with Crippen molar-refractivity contribution in [2.75, 3.05) is 0 Å². The summed E-state index contributed by atoms with van der Waals surface area (Å²) < 4.78 is 43.2. The number of amides is 1. The lowest BCUT2D eigenvalue weighted by Gasteiger charge is -2.14. The Bertz CT molecular complexity index is 1040. The highest BCUT2D eigenvalue weighted by Crippen LogP contribution is 2.29. The van der Waals surface area contributed by atoms with Crippen molar-refractivity contribution in [2.45, 2.75) is 38.1 Å². The van der Waals surface area contributed by atoms with E-state index in [9.17, 15) is 18.0 Å². The second-order valence-corrected chi connectivity index (χ2v) is 7.23. The number of carbonyl (C=O) groups excluding carboxylic acids is 1. The molecular formula is C22H20F3N3O2. The van der Waals surface area contributed by atoms with E-state index in [1.165, 1.54) is 24.4 Å². The molecule has 1 N–H and O–H groups in total. The molecule has 30 heavy (non-hydrogen) atoms. The van der Waals surface area contributed by atoms with Crippen molar-refractivity contribution >= 4 is 5.91 Å². The van der Waals surface area contributed by atoms with Crippen LogP contribution in [-0.4, -0.2) is 27.9 Å². The van der Waals surface area contributed by atoms with E-state index in [4.69, 9.17) is 0 Å². The summed E-state index contributed by atoms with van der Waals surface area (Å²) in [5, 5.41) is 3.04. The molecule has 8 heteroatoms. The van der Waals surface area contributed by atoms with Crippen molar-refractivity contribution in [3.8, 4) is 22.6 Å². The van der Waals surface area contributed by atoms with E-state index >= 15 is 0 Å². The van der Waals surface area contributed by atoms with Gasteiger partial charge in [-0.2, -0.15) is 0 Å². The molecule has 2 aromatic carbocycles. The molecule has 0 spiro atoms. The van der Waals surface area contributed by atoms with Gasteiger partial charge in [-0.3, -0.25) is 9.36 Å². The molecule has 0 radical (unpaired) electrons. The van der Waals surface area contributed by atoms with Gasteiger partial charge < -0.3 is 10.1 Å². The van der Waals surface area contributed by atoms with Crippen LogP contribution >= 0.6 is 0 Å². The highest BCUT2D eigenvalue weighted by Gasteiger charge is 2.31. The molecular weight excluding hydrogens is 395 g/mol. The second kappa shape index (κ2) is 8.22. The van der Waals surface area contributed by atoms with Gasteiger partial charge in [0.25, 0.3) is 5.91 Å². The minimum absolute atomic E-state index is 0.184. The fraction of sp³-hybridized carbons (Fsp3) is 0.273. The summed E-state index contributed by atoms with van der Waals surface area (Å²) in [6, 6.07) is 13.1. The molecule has 4 rings (SSSR count). The van der Waals surface area contributed by atoms with Gasteiger partial charge in [-0.1, -0.05) is 37.1 Å². The van der Waals surface area contributed by atoms with Crippen LogP contribution in [0.2, 0.25) is 0 Å². The molecule has 0 saturated heterocycles. The maximum Gasteiger partial charge on any atom is 0.573 e. The monoisotopic (exact) mass is 415 g/mol. The average molecular weight is 415 g/mol. The number of ether oxygens (including phenoxy) is 1. The molecule has 1 aliphatic carbocycles. The third-order valence-corrected chi connectivity index (χ3v) is 5.09. The molecule has 0 atom stereocenters. The van der Waals surface area contributed by atoms with E-state index in [1.807, 2.05) is 6.07 Å². The van der Waals surface area contributed by atoms with Gasteiger partial charge in [-0.25, -0.2) is 4.98 Å². The molecule has 156 valence electrons. The van der Waals surface area contributed by atoms with Gasteiger partial charge >= 0.3 is 6.36 Å². The topological polar surface area (TPSA) is 56.2 Å². The molecule has 1 aliphatic rings. The van der Waals surface area contributed by atoms with Crippen molar-refractivity contribution in [1.29, 1.82) is 0 Å². The molecule has 1 saturated carbocycles. The van der Waals surface area contributed by atoms with Crippen LogP contribution in [0.1, 0.15) is 36.2 Å². The lowest BCUT2D eigenvalue weighted by atomic mass is 10.0. The summed E-state index contributed by atoms with van der Waals surface area (Å²) in [7, 11) is 0. The van der Waals surface area contributed by atoms with Crippen LogP contribution in [0.5, 0.6) is 5.75 Å². The quantitative estimate of drug-likeness (QED) is 0.630. The predicted molar refractivity (Wildman–Crippen MR) is 105 cm³/mol. The van der Waals surface area contributed by atoms with Crippen LogP contribution in [-0.2, 0) is 0 Å². The van der Waals surface area contributed by atoms with Crippen LogP contribution in [0.25, 0.3) is 16.8 Å². The predicted octanol–water partition coefficient (Wildman–Crippen LogP) is 5.11. The largest absolute Gasteiger partial charge is 0.573 e. The van der Waals surface area contributed by atoms with E-state index in [0.29, 0.717) is 22.5 Å². The first-order valence-electron chi connectivity index (χ1n) is 9.69. The number of alkyl halides is 3. The first-order chi connectivity index (χ1) is 14.4. The molecule has 0 bridgehead atoms. The Balaban J connectivity index is 1.60. The Morgan fingerprint density at radius 3 is 2.50 bits per heavy atom. The third-order valence-electron chi connectivity index (χ3n) is 5.09. The summed E-state index contributed by atoms with van der Waals surface area (Å²) in [6.07, 6.45) is 2.49. The molecule has 1 fully saturated rings. The normalized spacial score (nSPS) is 14.6. The number of aromatic nitrogens is 2. The molecule has 0 aliphatic heterocycles. The van der Waals surface area contributed by atoms with Gasteiger partial charge in [0.1, 0.15) is 11.4 Å². The van der Waals surface area contributed by atoms with Crippen LogP contribution in [0, 0.1) is 0 Å². The van der Waals surface area contributed by atoms with Gasteiger partial charge in [0.05, 0.1) is 12.5 Å². The Morgan fingerprint density at radius 2 is 1.77 bits per heavy atom. The molecule has 5 nitrogen and oxygen atoms in total. The van der Waals surface area contributed by atoms with Gasteiger partial charge in [-0.05, 0) is 48.2 Å². The zero-order chi connectivity index (χ0) is 21.1. The average Bonchev–Trinajstić information content (AvgIpc) is 3.39. The van der Waals surface area contributed by atoms with Gasteiger partial charge in [0.2, 0.25) is 0 Å². The SMILES string of the molecule is O=C(NC1CCCC1)c1cncn1-c1cccc(-c2cccc(OC(F)(F)F)c2)c1. The number of halogens is 3. The highest BCUT2D eigenvalue weighted by atomic mass is 19.4. The third kappa shape index (κ3) is 4.64. The summed E-state index contributed by atoms with van der Waals surface area (Å²) >= 11 is 0. The Morgan fingerprint density at radius 1 is 1.07 bits per heavy atom. The van der Waals surface area contributed by atoms with E-state index in [2.05, 4.69) is 15.0 Å². The number of imidazole rings is 1. The van der Waals surface area contributed by atoms with E-state index < -0.39 is 6.36 Å². The maximum atomic E-state index is 12.7. The smallest absolute Gasteiger partial charge is 0.406 e. The zero-order valence-corrected chi connectivity index (χ0v) is 16.0. The molecule has 1 aromatic heterocycles.